The summed E-state index contributed by atoms with van der Waals surface area (Å²) >= 11 is 1.62. The molecule has 1 amide bonds. The van der Waals surface area contributed by atoms with Gasteiger partial charge in [0, 0.05) is 30.7 Å². The summed E-state index contributed by atoms with van der Waals surface area (Å²) in [6.45, 7) is 2.91. The molecule has 0 bridgehead atoms. The van der Waals surface area contributed by atoms with Gasteiger partial charge < -0.3 is 15.6 Å². The monoisotopic (exact) mass is 250 g/mol. The molecule has 6 heteroatoms. The summed E-state index contributed by atoms with van der Waals surface area (Å²) in [5.41, 5.74) is 0.884. The molecule has 2 rings (SSSR count). The number of aromatic nitrogens is 2. The molecule has 0 saturated carbocycles. The third-order valence-electron chi connectivity index (χ3n) is 2.19. The van der Waals surface area contributed by atoms with Crippen molar-refractivity contribution in [2.45, 2.75) is 20.0 Å². The fraction of sp³-hybridized carbons (Fsp3) is 0.273. The number of imidazole rings is 1. The van der Waals surface area contributed by atoms with Crippen LogP contribution in [0, 0.1) is 0 Å². The van der Waals surface area contributed by atoms with Crippen molar-refractivity contribution in [2.24, 2.45) is 0 Å². The third kappa shape index (κ3) is 3.40. The van der Waals surface area contributed by atoms with Crippen LogP contribution in [0.2, 0.25) is 0 Å². The van der Waals surface area contributed by atoms with Gasteiger partial charge in [-0.05, 0) is 11.4 Å². The minimum Gasteiger partial charge on any atom is -0.348 e. The van der Waals surface area contributed by atoms with Gasteiger partial charge in [-0.15, -0.1) is 11.3 Å². The summed E-state index contributed by atoms with van der Waals surface area (Å²) in [6, 6.07) is 1.91. The Hall–Kier alpha value is -1.66. The lowest BCUT2D eigenvalue weighted by Gasteiger charge is -2.05. The average Bonchev–Trinajstić information content (AvgIpc) is 2.90. The highest BCUT2D eigenvalue weighted by Gasteiger charge is 2.05. The van der Waals surface area contributed by atoms with Crippen molar-refractivity contribution in [1.82, 2.24) is 15.3 Å². The van der Waals surface area contributed by atoms with Gasteiger partial charge in [-0.2, -0.15) is 0 Å². The van der Waals surface area contributed by atoms with E-state index in [1.165, 1.54) is 6.92 Å². The molecule has 0 aliphatic rings. The lowest BCUT2D eigenvalue weighted by molar-refractivity contribution is -0.114. The minimum absolute atomic E-state index is 0.0457. The molecule has 0 aliphatic carbocycles. The van der Waals surface area contributed by atoms with Crippen LogP contribution in [0.3, 0.4) is 0 Å². The lowest BCUT2D eigenvalue weighted by Crippen LogP contribution is -2.14. The van der Waals surface area contributed by atoms with E-state index in [2.05, 4.69) is 20.6 Å². The standard InChI is InChI=1S/C11H14N4OS/c1-8(16)15-9-2-5-17-10(9)6-12-7-11-13-3-4-14-11/h2-5,12H,6-7H2,1H3,(H,13,14)(H,15,16). The van der Waals surface area contributed by atoms with Gasteiger partial charge in [-0.3, -0.25) is 4.79 Å². The highest BCUT2D eigenvalue weighted by molar-refractivity contribution is 7.10. The zero-order valence-electron chi connectivity index (χ0n) is 9.49. The van der Waals surface area contributed by atoms with Gasteiger partial charge in [0.1, 0.15) is 5.82 Å². The zero-order valence-corrected chi connectivity index (χ0v) is 10.3. The van der Waals surface area contributed by atoms with E-state index in [1.807, 2.05) is 11.4 Å². The molecule has 0 aromatic carbocycles. The van der Waals surface area contributed by atoms with Crippen molar-refractivity contribution in [3.63, 3.8) is 0 Å². The Morgan fingerprint density at radius 2 is 2.41 bits per heavy atom. The zero-order chi connectivity index (χ0) is 12.1. The average molecular weight is 250 g/mol. The molecule has 2 heterocycles. The van der Waals surface area contributed by atoms with Crippen molar-refractivity contribution < 1.29 is 4.79 Å². The lowest BCUT2D eigenvalue weighted by atomic mass is 10.3. The molecule has 2 aromatic heterocycles. The van der Waals surface area contributed by atoms with Crippen LogP contribution < -0.4 is 10.6 Å². The number of amides is 1. The first-order valence-electron chi connectivity index (χ1n) is 5.28. The maximum Gasteiger partial charge on any atom is 0.221 e. The third-order valence-corrected chi connectivity index (χ3v) is 3.11. The van der Waals surface area contributed by atoms with Crippen molar-refractivity contribution in [1.29, 1.82) is 0 Å². The molecule has 0 radical (unpaired) electrons. The van der Waals surface area contributed by atoms with E-state index in [1.54, 1.807) is 23.7 Å². The number of nitrogens with one attached hydrogen (secondary N) is 3. The molecule has 0 aliphatic heterocycles. The Morgan fingerprint density at radius 1 is 1.53 bits per heavy atom. The number of hydrogen-bond donors (Lipinski definition) is 3. The molecule has 3 N–H and O–H groups in total. The van der Waals surface area contributed by atoms with E-state index in [4.69, 9.17) is 0 Å². The Kier molecular flexibility index (Phi) is 3.89. The maximum absolute atomic E-state index is 11.0. The second-order valence-corrected chi connectivity index (χ2v) is 4.58. The topological polar surface area (TPSA) is 69.8 Å². The van der Waals surface area contributed by atoms with Crippen molar-refractivity contribution >= 4 is 22.9 Å². The number of thiophene rings is 1. The molecular formula is C11H14N4OS. The van der Waals surface area contributed by atoms with Gasteiger partial charge in [-0.1, -0.05) is 0 Å². The van der Waals surface area contributed by atoms with Gasteiger partial charge in [0.25, 0.3) is 0 Å². The number of hydrogen-bond acceptors (Lipinski definition) is 4. The number of anilines is 1. The Morgan fingerprint density at radius 3 is 3.12 bits per heavy atom. The number of H-pyrrole nitrogens is 1. The fourth-order valence-electron chi connectivity index (χ4n) is 1.47. The first-order chi connectivity index (χ1) is 8.25. The van der Waals surface area contributed by atoms with Gasteiger partial charge in [0.2, 0.25) is 5.91 Å². The number of carbonyl (C=O) groups is 1. The van der Waals surface area contributed by atoms with Crippen LogP contribution in [0.5, 0.6) is 0 Å². The Bertz CT molecular complexity index is 477. The summed E-state index contributed by atoms with van der Waals surface area (Å²) in [5, 5.41) is 8.04. The molecule has 0 fully saturated rings. The first kappa shape index (κ1) is 11.8. The van der Waals surface area contributed by atoms with Crippen LogP contribution in [0.4, 0.5) is 5.69 Å². The fourth-order valence-corrected chi connectivity index (χ4v) is 2.27. The van der Waals surface area contributed by atoms with Crippen LogP contribution in [0.1, 0.15) is 17.6 Å². The van der Waals surface area contributed by atoms with E-state index in [-0.39, 0.29) is 5.91 Å². The van der Waals surface area contributed by atoms with E-state index in [9.17, 15) is 4.79 Å². The molecule has 0 unspecified atom stereocenters. The van der Waals surface area contributed by atoms with Gasteiger partial charge in [0.05, 0.1) is 12.2 Å². The van der Waals surface area contributed by atoms with Gasteiger partial charge in [-0.25, -0.2) is 4.98 Å². The molecule has 0 saturated heterocycles. The van der Waals surface area contributed by atoms with Crippen molar-refractivity contribution in [3.05, 3.63) is 34.5 Å². The predicted molar refractivity (Wildman–Crippen MR) is 67.8 cm³/mol. The summed E-state index contributed by atoms with van der Waals surface area (Å²) < 4.78 is 0. The number of aromatic amines is 1. The van der Waals surface area contributed by atoms with Crippen LogP contribution in [0.25, 0.3) is 0 Å². The molecule has 17 heavy (non-hydrogen) atoms. The van der Waals surface area contributed by atoms with Crippen LogP contribution in [0.15, 0.2) is 23.8 Å². The van der Waals surface area contributed by atoms with Crippen molar-refractivity contribution in [2.75, 3.05) is 5.32 Å². The highest BCUT2D eigenvalue weighted by Crippen LogP contribution is 2.21. The molecule has 0 spiro atoms. The summed E-state index contributed by atoms with van der Waals surface area (Å²) in [7, 11) is 0. The smallest absolute Gasteiger partial charge is 0.221 e. The molecular weight excluding hydrogens is 236 g/mol. The Labute approximate surface area is 103 Å². The van der Waals surface area contributed by atoms with E-state index >= 15 is 0 Å². The molecule has 90 valence electrons. The summed E-state index contributed by atoms with van der Waals surface area (Å²) in [4.78, 5) is 19.2. The second kappa shape index (κ2) is 5.60. The van der Waals surface area contributed by atoms with Crippen LogP contribution in [-0.2, 0) is 17.9 Å². The largest absolute Gasteiger partial charge is 0.348 e. The van der Waals surface area contributed by atoms with E-state index in [0.29, 0.717) is 13.1 Å². The van der Waals surface area contributed by atoms with E-state index in [0.717, 1.165) is 16.4 Å². The normalized spacial score (nSPS) is 10.4. The highest BCUT2D eigenvalue weighted by atomic mass is 32.1. The predicted octanol–water partition coefficient (Wildman–Crippen LogP) is 1.72. The van der Waals surface area contributed by atoms with Crippen LogP contribution in [-0.4, -0.2) is 15.9 Å². The van der Waals surface area contributed by atoms with Gasteiger partial charge in [0.15, 0.2) is 0 Å². The molecule has 5 nitrogen and oxygen atoms in total. The van der Waals surface area contributed by atoms with Crippen molar-refractivity contribution in [3.8, 4) is 0 Å². The molecule has 2 aromatic rings. The Balaban J connectivity index is 1.86. The second-order valence-electron chi connectivity index (χ2n) is 3.58. The minimum atomic E-state index is -0.0457. The van der Waals surface area contributed by atoms with E-state index < -0.39 is 0 Å². The summed E-state index contributed by atoms with van der Waals surface area (Å²) in [5.74, 6) is 0.860. The summed E-state index contributed by atoms with van der Waals surface area (Å²) in [6.07, 6.45) is 3.52. The maximum atomic E-state index is 11.0. The van der Waals surface area contributed by atoms with Gasteiger partial charge >= 0.3 is 0 Å². The SMILES string of the molecule is CC(=O)Nc1ccsc1CNCc1ncc[nH]1. The quantitative estimate of drug-likeness (QED) is 0.756. The number of carbonyl (C=O) groups excluding carboxylic acids is 1. The number of rotatable bonds is 5. The van der Waals surface area contributed by atoms with Crippen LogP contribution >= 0.6 is 11.3 Å². The molecule has 0 atom stereocenters. The number of nitrogens with zero attached hydrogens (tertiary/aromatic N) is 1. The first-order valence-corrected chi connectivity index (χ1v) is 6.16.